The fourth-order valence-electron chi connectivity index (χ4n) is 2.64. The lowest BCUT2D eigenvalue weighted by Crippen LogP contribution is -2.26. The van der Waals surface area contributed by atoms with E-state index in [-0.39, 0.29) is 11.4 Å². The zero-order valence-corrected chi connectivity index (χ0v) is 16.8. The molecular formula is C22H25NO3S. The largest absolute Gasteiger partial charge is 0.493 e. The second-order valence-corrected chi connectivity index (χ2v) is 7.82. The molecule has 2 aromatic rings. The summed E-state index contributed by atoms with van der Waals surface area (Å²) in [5.74, 6) is 0.428. The van der Waals surface area contributed by atoms with Crippen molar-refractivity contribution in [2.45, 2.75) is 37.9 Å². The highest BCUT2D eigenvalue weighted by Crippen LogP contribution is 2.25. The standard InChI is InChI=1S/C22H25NO3S/c1-4-25-21(24)20(27-16-23)14-17-10-12-19(13-11-17)26-15-22(2,3)18-8-6-5-7-9-18/h5-13,20H,4,14-15H2,1-3H3. The van der Waals surface area contributed by atoms with Crippen molar-refractivity contribution in [3.8, 4) is 11.2 Å². The smallest absolute Gasteiger partial charge is 0.320 e. The summed E-state index contributed by atoms with van der Waals surface area (Å²) in [6.45, 7) is 6.94. The van der Waals surface area contributed by atoms with Crippen molar-refractivity contribution in [2.75, 3.05) is 13.2 Å². The van der Waals surface area contributed by atoms with E-state index >= 15 is 0 Å². The molecule has 0 bridgehead atoms. The van der Waals surface area contributed by atoms with Crippen LogP contribution in [0.2, 0.25) is 0 Å². The lowest BCUT2D eigenvalue weighted by atomic mass is 9.86. The zero-order valence-electron chi connectivity index (χ0n) is 16.0. The Morgan fingerprint density at radius 1 is 1.15 bits per heavy atom. The van der Waals surface area contributed by atoms with Gasteiger partial charge in [0.1, 0.15) is 16.4 Å². The van der Waals surface area contributed by atoms with E-state index in [1.807, 2.05) is 47.9 Å². The Morgan fingerprint density at radius 3 is 2.41 bits per heavy atom. The molecule has 0 N–H and O–H groups in total. The van der Waals surface area contributed by atoms with Crippen LogP contribution in [0.25, 0.3) is 0 Å². The van der Waals surface area contributed by atoms with Gasteiger partial charge in [0, 0.05) is 5.41 Å². The fourth-order valence-corrected chi connectivity index (χ4v) is 3.21. The minimum atomic E-state index is -0.515. The molecule has 0 aliphatic rings. The molecule has 0 spiro atoms. The topological polar surface area (TPSA) is 59.3 Å². The van der Waals surface area contributed by atoms with Gasteiger partial charge in [-0.1, -0.05) is 56.3 Å². The minimum absolute atomic E-state index is 0.0988. The van der Waals surface area contributed by atoms with Crippen LogP contribution in [0.5, 0.6) is 5.75 Å². The molecule has 0 heterocycles. The number of hydrogen-bond acceptors (Lipinski definition) is 5. The molecule has 0 radical (unpaired) electrons. The summed E-state index contributed by atoms with van der Waals surface area (Å²) < 4.78 is 11.0. The number of ether oxygens (including phenoxy) is 2. The van der Waals surface area contributed by atoms with Crippen LogP contribution in [-0.4, -0.2) is 24.4 Å². The Morgan fingerprint density at radius 2 is 1.81 bits per heavy atom. The summed E-state index contributed by atoms with van der Waals surface area (Å²) in [5.41, 5.74) is 2.09. The molecular weight excluding hydrogens is 358 g/mol. The van der Waals surface area contributed by atoms with Crippen molar-refractivity contribution >= 4 is 17.7 Å². The number of hydrogen-bond donors (Lipinski definition) is 0. The van der Waals surface area contributed by atoms with E-state index in [9.17, 15) is 4.79 Å². The number of rotatable bonds is 9. The van der Waals surface area contributed by atoms with Gasteiger partial charge in [-0.3, -0.25) is 4.79 Å². The monoisotopic (exact) mass is 383 g/mol. The first-order chi connectivity index (χ1) is 13.0. The van der Waals surface area contributed by atoms with Crippen LogP contribution in [0.4, 0.5) is 0 Å². The number of esters is 1. The molecule has 5 heteroatoms. The summed E-state index contributed by atoms with van der Waals surface area (Å²) in [4.78, 5) is 11.9. The van der Waals surface area contributed by atoms with Gasteiger partial charge in [0.05, 0.1) is 13.2 Å². The molecule has 1 unspecified atom stereocenters. The summed E-state index contributed by atoms with van der Waals surface area (Å²) >= 11 is 0.934. The average molecular weight is 384 g/mol. The quantitative estimate of drug-likeness (QED) is 0.463. The van der Waals surface area contributed by atoms with Crippen molar-refractivity contribution in [3.05, 3.63) is 65.7 Å². The maximum atomic E-state index is 11.9. The number of thiocyanates is 1. The highest BCUT2D eigenvalue weighted by atomic mass is 32.2. The first kappa shape index (κ1) is 20.9. The highest BCUT2D eigenvalue weighted by Gasteiger charge is 2.22. The van der Waals surface area contributed by atoms with Gasteiger partial charge in [-0.15, -0.1) is 0 Å². The third-order valence-corrected chi connectivity index (χ3v) is 4.99. The molecule has 0 amide bonds. The SMILES string of the molecule is CCOC(=O)C(Cc1ccc(OCC(C)(C)c2ccccc2)cc1)SC#N. The van der Waals surface area contributed by atoms with Crippen LogP contribution in [0.15, 0.2) is 54.6 Å². The van der Waals surface area contributed by atoms with E-state index in [0.717, 1.165) is 23.1 Å². The molecule has 2 aromatic carbocycles. The van der Waals surface area contributed by atoms with Gasteiger partial charge in [-0.25, -0.2) is 0 Å². The average Bonchev–Trinajstić information content (AvgIpc) is 2.68. The maximum absolute atomic E-state index is 11.9. The van der Waals surface area contributed by atoms with E-state index < -0.39 is 5.25 Å². The number of benzene rings is 2. The Bertz CT molecular complexity index is 766. The summed E-state index contributed by atoms with van der Waals surface area (Å²) in [6, 6.07) is 17.9. The molecule has 0 saturated carbocycles. The van der Waals surface area contributed by atoms with E-state index in [0.29, 0.717) is 19.6 Å². The molecule has 2 rings (SSSR count). The van der Waals surface area contributed by atoms with Gasteiger partial charge in [0.15, 0.2) is 0 Å². The summed E-state index contributed by atoms with van der Waals surface area (Å²) in [7, 11) is 0. The van der Waals surface area contributed by atoms with Gasteiger partial charge in [-0.05, 0) is 48.4 Å². The van der Waals surface area contributed by atoms with Crippen LogP contribution in [0.1, 0.15) is 31.9 Å². The number of nitriles is 1. The first-order valence-electron chi connectivity index (χ1n) is 8.95. The molecule has 4 nitrogen and oxygen atoms in total. The summed E-state index contributed by atoms with van der Waals surface area (Å²) in [6.07, 6.45) is 0.451. The Kier molecular flexibility index (Phi) is 7.75. The summed E-state index contributed by atoms with van der Waals surface area (Å²) in [5, 5.41) is 10.4. The highest BCUT2D eigenvalue weighted by molar-refractivity contribution is 8.04. The number of carbonyl (C=O) groups is 1. The molecule has 0 aliphatic carbocycles. The first-order valence-corrected chi connectivity index (χ1v) is 9.83. The maximum Gasteiger partial charge on any atom is 0.320 e. The normalized spacial score (nSPS) is 12.1. The van der Waals surface area contributed by atoms with Crippen molar-refractivity contribution in [2.24, 2.45) is 0 Å². The molecule has 0 aliphatic heterocycles. The van der Waals surface area contributed by atoms with Crippen LogP contribution in [0, 0.1) is 10.7 Å². The molecule has 27 heavy (non-hydrogen) atoms. The van der Waals surface area contributed by atoms with Crippen LogP contribution in [-0.2, 0) is 21.4 Å². The van der Waals surface area contributed by atoms with Crippen molar-refractivity contribution in [1.29, 1.82) is 5.26 Å². The Balaban J connectivity index is 1.96. The number of carbonyl (C=O) groups excluding carboxylic acids is 1. The van der Waals surface area contributed by atoms with Gasteiger partial charge in [0.25, 0.3) is 0 Å². The Hall–Kier alpha value is -2.45. The third kappa shape index (κ3) is 6.33. The van der Waals surface area contributed by atoms with E-state index in [1.54, 1.807) is 6.92 Å². The van der Waals surface area contributed by atoms with Crippen LogP contribution in [0.3, 0.4) is 0 Å². The van der Waals surface area contributed by atoms with E-state index in [1.165, 1.54) is 5.56 Å². The number of thioether (sulfide) groups is 1. The third-order valence-electron chi connectivity index (χ3n) is 4.24. The van der Waals surface area contributed by atoms with Crippen molar-refractivity contribution < 1.29 is 14.3 Å². The second kappa shape index (κ2) is 10.0. The molecule has 0 aromatic heterocycles. The molecule has 142 valence electrons. The molecule has 0 saturated heterocycles. The van der Waals surface area contributed by atoms with Gasteiger partial charge >= 0.3 is 5.97 Å². The minimum Gasteiger partial charge on any atom is -0.493 e. The van der Waals surface area contributed by atoms with E-state index in [4.69, 9.17) is 14.7 Å². The van der Waals surface area contributed by atoms with Crippen LogP contribution < -0.4 is 4.74 Å². The Labute approximate surface area is 165 Å². The van der Waals surface area contributed by atoms with Gasteiger partial charge in [-0.2, -0.15) is 5.26 Å². The van der Waals surface area contributed by atoms with Gasteiger partial charge < -0.3 is 9.47 Å². The number of nitrogens with zero attached hydrogens (tertiary/aromatic N) is 1. The fraction of sp³-hybridized carbons (Fsp3) is 0.364. The second-order valence-electron chi connectivity index (χ2n) is 6.84. The predicted molar refractivity (Wildman–Crippen MR) is 109 cm³/mol. The van der Waals surface area contributed by atoms with Crippen molar-refractivity contribution in [3.63, 3.8) is 0 Å². The van der Waals surface area contributed by atoms with Gasteiger partial charge in [0.2, 0.25) is 0 Å². The predicted octanol–water partition coefficient (Wildman–Crippen LogP) is 4.73. The zero-order chi connectivity index (χ0) is 19.7. The molecule has 1 atom stereocenters. The molecule has 0 fully saturated rings. The van der Waals surface area contributed by atoms with Crippen LogP contribution >= 0.6 is 11.8 Å². The lowest BCUT2D eigenvalue weighted by molar-refractivity contribution is -0.142. The van der Waals surface area contributed by atoms with Crippen molar-refractivity contribution in [1.82, 2.24) is 0 Å². The van der Waals surface area contributed by atoms with E-state index in [2.05, 4.69) is 26.0 Å². The lowest BCUT2D eigenvalue weighted by Gasteiger charge is -2.25.